The Morgan fingerprint density at radius 2 is 2.16 bits per heavy atom. The lowest BCUT2D eigenvalue weighted by Gasteiger charge is -2.06. The maximum absolute atomic E-state index is 10.6. The Kier molecular flexibility index (Phi) is 2.64. The molecule has 0 spiro atoms. The first-order chi connectivity index (χ1) is 9.24. The quantitative estimate of drug-likeness (QED) is 0.655. The van der Waals surface area contributed by atoms with Gasteiger partial charge in [0.1, 0.15) is 0 Å². The number of hydrogen-bond acceptors (Lipinski definition) is 2. The molecule has 0 fully saturated rings. The number of hydrogen-bond donors (Lipinski definition) is 3. The van der Waals surface area contributed by atoms with Gasteiger partial charge in [0.2, 0.25) is 0 Å². The lowest BCUT2D eigenvalue weighted by molar-refractivity contribution is 0.209. The van der Waals surface area contributed by atoms with E-state index in [1.807, 2.05) is 30.5 Å². The normalized spacial score (nSPS) is 10.5. The smallest absolute Gasteiger partial charge is 0.409 e. The molecule has 3 aromatic rings. The van der Waals surface area contributed by atoms with Crippen LogP contribution in [0.15, 0.2) is 48.9 Å². The van der Waals surface area contributed by atoms with Crippen molar-refractivity contribution in [1.29, 1.82) is 0 Å². The number of pyridine rings is 1. The number of benzene rings is 1. The van der Waals surface area contributed by atoms with Crippen LogP contribution < -0.4 is 5.32 Å². The van der Waals surface area contributed by atoms with E-state index in [2.05, 4.69) is 15.3 Å². The molecule has 0 aliphatic rings. The van der Waals surface area contributed by atoms with Crippen molar-refractivity contribution in [3.05, 3.63) is 48.9 Å². The lowest BCUT2D eigenvalue weighted by atomic mass is 10.0. The molecule has 3 N–H and O–H groups in total. The van der Waals surface area contributed by atoms with Crippen molar-refractivity contribution in [3.63, 3.8) is 0 Å². The molecule has 0 aliphatic carbocycles. The summed E-state index contributed by atoms with van der Waals surface area (Å²) < 4.78 is 0. The number of nitrogens with one attached hydrogen (secondary N) is 2. The van der Waals surface area contributed by atoms with E-state index in [-0.39, 0.29) is 0 Å². The van der Waals surface area contributed by atoms with Gasteiger partial charge in [0.25, 0.3) is 0 Å². The Morgan fingerprint density at radius 3 is 3.00 bits per heavy atom. The summed E-state index contributed by atoms with van der Waals surface area (Å²) in [5, 5.41) is 12.1. The molecule has 94 valence electrons. The molecule has 3 rings (SSSR count). The van der Waals surface area contributed by atoms with E-state index in [1.54, 1.807) is 12.3 Å². The highest BCUT2D eigenvalue weighted by molar-refractivity contribution is 5.95. The molecule has 0 unspecified atom stereocenters. The summed E-state index contributed by atoms with van der Waals surface area (Å²) in [7, 11) is 0. The second kappa shape index (κ2) is 4.45. The van der Waals surface area contributed by atoms with Gasteiger partial charge in [-0.1, -0.05) is 12.1 Å². The first kappa shape index (κ1) is 11.3. The molecular formula is C14H11N3O2. The molecular weight excluding hydrogens is 242 g/mol. The second-order valence-electron chi connectivity index (χ2n) is 4.14. The topological polar surface area (TPSA) is 78.0 Å². The first-order valence-corrected chi connectivity index (χ1v) is 5.75. The summed E-state index contributed by atoms with van der Waals surface area (Å²) in [5.41, 5.74) is 3.38. The highest BCUT2D eigenvalue weighted by Crippen LogP contribution is 2.28. The third-order valence-corrected chi connectivity index (χ3v) is 2.90. The molecule has 0 bridgehead atoms. The van der Waals surface area contributed by atoms with Crippen LogP contribution in [0.5, 0.6) is 0 Å². The van der Waals surface area contributed by atoms with Crippen molar-refractivity contribution >= 4 is 22.7 Å². The molecule has 0 atom stereocenters. The van der Waals surface area contributed by atoms with Gasteiger partial charge in [-0.05, 0) is 23.8 Å². The molecule has 1 aromatic carbocycles. The number of aromatic nitrogens is 2. The van der Waals surface area contributed by atoms with Crippen molar-refractivity contribution in [3.8, 4) is 11.1 Å². The molecule has 5 nitrogen and oxygen atoms in total. The van der Waals surface area contributed by atoms with Crippen molar-refractivity contribution in [2.45, 2.75) is 0 Å². The van der Waals surface area contributed by atoms with E-state index in [0.29, 0.717) is 5.69 Å². The monoisotopic (exact) mass is 253 g/mol. The Morgan fingerprint density at radius 1 is 1.26 bits per heavy atom. The highest BCUT2D eigenvalue weighted by atomic mass is 16.4. The van der Waals surface area contributed by atoms with Crippen molar-refractivity contribution < 1.29 is 9.90 Å². The van der Waals surface area contributed by atoms with Crippen molar-refractivity contribution in [1.82, 2.24) is 9.97 Å². The van der Waals surface area contributed by atoms with E-state index >= 15 is 0 Å². The predicted octanol–water partition coefficient (Wildman–Crippen LogP) is 3.32. The Balaban J connectivity index is 2.11. The summed E-state index contributed by atoms with van der Waals surface area (Å²) in [5.74, 6) is 0. The summed E-state index contributed by atoms with van der Waals surface area (Å²) >= 11 is 0. The fourth-order valence-corrected chi connectivity index (χ4v) is 2.12. The van der Waals surface area contributed by atoms with E-state index in [0.717, 1.165) is 22.0 Å². The van der Waals surface area contributed by atoms with Gasteiger partial charge in [-0.15, -0.1) is 0 Å². The molecule has 0 saturated heterocycles. The van der Waals surface area contributed by atoms with E-state index < -0.39 is 6.09 Å². The van der Waals surface area contributed by atoms with Gasteiger partial charge in [0.05, 0.1) is 11.9 Å². The van der Waals surface area contributed by atoms with E-state index in [1.165, 1.54) is 6.20 Å². The summed E-state index contributed by atoms with van der Waals surface area (Å²) in [6.45, 7) is 0. The molecule has 0 saturated carbocycles. The van der Waals surface area contributed by atoms with Gasteiger partial charge in [-0.2, -0.15) is 0 Å². The van der Waals surface area contributed by atoms with Crippen LogP contribution in [0.2, 0.25) is 0 Å². The van der Waals surface area contributed by atoms with E-state index in [4.69, 9.17) is 5.11 Å². The van der Waals surface area contributed by atoms with Crippen molar-refractivity contribution in [2.24, 2.45) is 0 Å². The van der Waals surface area contributed by atoms with Crippen LogP contribution in [0.1, 0.15) is 0 Å². The number of rotatable bonds is 2. The van der Waals surface area contributed by atoms with Crippen molar-refractivity contribution in [2.75, 3.05) is 5.32 Å². The lowest BCUT2D eigenvalue weighted by Crippen LogP contribution is -2.07. The SMILES string of the molecule is O=C(O)Nc1cncc(-c2cccc3[nH]ccc23)c1. The number of aromatic amines is 1. The molecule has 5 heteroatoms. The molecule has 0 radical (unpaired) electrons. The zero-order chi connectivity index (χ0) is 13.2. The van der Waals surface area contributed by atoms with Crippen LogP contribution >= 0.6 is 0 Å². The number of H-pyrrole nitrogens is 1. The average molecular weight is 253 g/mol. The molecule has 1 amide bonds. The van der Waals surface area contributed by atoms with Gasteiger partial charge in [-0.3, -0.25) is 10.3 Å². The fraction of sp³-hybridized carbons (Fsp3) is 0. The van der Waals surface area contributed by atoms with Gasteiger partial charge in [0.15, 0.2) is 0 Å². The predicted molar refractivity (Wildman–Crippen MR) is 73.2 cm³/mol. The molecule has 2 aromatic heterocycles. The van der Waals surface area contributed by atoms with Crippen LogP contribution in [-0.4, -0.2) is 21.2 Å². The van der Waals surface area contributed by atoms with Crippen LogP contribution in [0.25, 0.3) is 22.0 Å². The molecule has 2 heterocycles. The first-order valence-electron chi connectivity index (χ1n) is 5.75. The van der Waals surface area contributed by atoms with Gasteiger partial charge in [0, 0.05) is 28.9 Å². The van der Waals surface area contributed by atoms with Crippen LogP contribution in [-0.2, 0) is 0 Å². The Hall–Kier alpha value is -2.82. The third-order valence-electron chi connectivity index (χ3n) is 2.90. The minimum Gasteiger partial charge on any atom is -0.465 e. The van der Waals surface area contributed by atoms with Gasteiger partial charge < -0.3 is 10.1 Å². The molecule has 19 heavy (non-hydrogen) atoms. The van der Waals surface area contributed by atoms with Gasteiger partial charge >= 0.3 is 6.09 Å². The number of amides is 1. The zero-order valence-corrected chi connectivity index (χ0v) is 9.92. The number of carbonyl (C=O) groups is 1. The highest BCUT2D eigenvalue weighted by Gasteiger charge is 2.06. The minimum absolute atomic E-state index is 0.456. The number of nitrogens with zero attached hydrogens (tertiary/aromatic N) is 1. The van der Waals surface area contributed by atoms with Crippen LogP contribution in [0.3, 0.4) is 0 Å². The maximum Gasteiger partial charge on any atom is 0.409 e. The number of fused-ring (bicyclic) bond motifs is 1. The summed E-state index contributed by atoms with van der Waals surface area (Å²) in [4.78, 5) is 17.9. The van der Waals surface area contributed by atoms with Crippen LogP contribution in [0, 0.1) is 0 Å². The zero-order valence-electron chi connectivity index (χ0n) is 9.92. The third kappa shape index (κ3) is 2.13. The van der Waals surface area contributed by atoms with E-state index in [9.17, 15) is 4.79 Å². The average Bonchev–Trinajstić information content (AvgIpc) is 2.86. The molecule has 0 aliphatic heterocycles. The number of anilines is 1. The van der Waals surface area contributed by atoms with Crippen LogP contribution in [0.4, 0.5) is 10.5 Å². The van der Waals surface area contributed by atoms with Gasteiger partial charge in [-0.25, -0.2) is 4.79 Å². The second-order valence-corrected chi connectivity index (χ2v) is 4.14. The Labute approximate surface area is 108 Å². The number of carboxylic acid groups (broad SMARTS) is 1. The fourth-order valence-electron chi connectivity index (χ4n) is 2.12. The standard InChI is InChI=1S/C14H11N3O2/c18-14(19)17-10-6-9(7-15-8-10)11-2-1-3-13-12(11)4-5-16-13/h1-8,16-17H,(H,18,19). The Bertz CT molecular complexity index is 749. The largest absolute Gasteiger partial charge is 0.465 e. The summed E-state index contributed by atoms with van der Waals surface area (Å²) in [6, 6.07) is 9.68. The maximum atomic E-state index is 10.6. The minimum atomic E-state index is -1.10. The summed E-state index contributed by atoms with van der Waals surface area (Å²) in [6.07, 6.45) is 3.98.